The van der Waals surface area contributed by atoms with E-state index >= 15 is 0 Å². The van der Waals surface area contributed by atoms with E-state index in [1.54, 1.807) is 19.1 Å². The Bertz CT molecular complexity index is 730. The number of carbonyl (C=O) groups is 2. The molecule has 0 heterocycles. The van der Waals surface area contributed by atoms with Crippen LogP contribution in [-0.2, 0) is 9.53 Å². The number of benzene rings is 2. The van der Waals surface area contributed by atoms with Crippen molar-refractivity contribution in [2.75, 3.05) is 18.9 Å². The molecule has 0 saturated heterocycles. The Morgan fingerprint density at radius 3 is 2.11 bits per heavy atom. The molecule has 0 saturated carbocycles. The van der Waals surface area contributed by atoms with Gasteiger partial charge in [-0.1, -0.05) is 24.3 Å². The molecule has 0 aliphatic carbocycles. The number of ether oxygens (including phenoxy) is 2. The second kappa shape index (κ2) is 11.4. The fourth-order valence-corrected chi connectivity index (χ4v) is 1.80. The van der Waals surface area contributed by atoms with Crippen molar-refractivity contribution in [3.05, 3.63) is 71.8 Å². The summed E-state index contributed by atoms with van der Waals surface area (Å²) in [6.07, 6.45) is 0.555. The SMILES string of the molecule is C=C(C)C(=O)OCCCOc1ccc(C(=O)O)cc1.Cc1ccc(N)cc1. The monoisotopic (exact) mass is 371 g/mol. The second-order valence-corrected chi connectivity index (χ2v) is 5.86. The van der Waals surface area contributed by atoms with E-state index < -0.39 is 11.9 Å². The van der Waals surface area contributed by atoms with Gasteiger partial charge in [-0.25, -0.2) is 9.59 Å². The summed E-state index contributed by atoms with van der Waals surface area (Å²) in [4.78, 5) is 21.7. The Labute approximate surface area is 159 Å². The highest BCUT2D eigenvalue weighted by atomic mass is 16.5. The van der Waals surface area contributed by atoms with Gasteiger partial charge in [0.1, 0.15) is 5.75 Å². The maximum absolute atomic E-state index is 11.1. The summed E-state index contributed by atoms with van der Waals surface area (Å²) in [5.41, 5.74) is 8.08. The molecule has 3 N–H and O–H groups in total. The third kappa shape index (κ3) is 9.11. The van der Waals surface area contributed by atoms with Crippen LogP contribution in [0, 0.1) is 6.92 Å². The lowest BCUT2D eigenvalue weighted by Gasteiger charge is -2.07. The lowest BCUT2D eigenvalue weighted by atomic mass is 10.2. The maximum Gasteiger partial charge on any atom is 0.335 e. The largest absolute Gasteiger partial charge is 0.493 e. The van der Waals surface area contributed by atoms with Crippen LogP contribution in [0.4, 0.5) is 5.69 Å². The summed E-state index contributed by atoms with van der Waals surface area (Å²) in [5.74, 6) is -0.805. The molecule has 0 atom stereocenters. The number of nitrogens with two attached hydrogens (primary N) is 1. The molecule has 0 aliphatic rings. The molecule has 0 aliphatic heterocycles. The van der Waals surface area contributed by atoms with Crippen LogP contribution in [0.2, 0.25) is 0 Å². The van der Waals surface area contributed by atoms with Crippen LogP contribution in [0.15, 0.2) is 60.7 Å². The molecule has 2 rings (SSSR count). The van der Waals surface area contributed by atoms with Crippen molar-refractivity contribution in [2.45, 2.75) is 20.3 Å². The summed E-state index contributed by atoms with van der Waals surface area (Å²) in [5, 5.41) is 8.72. The summed E-state index contributed by atoms with van der Waals surface area (Å²) in [6, 6.07) is 13.9. The number of esters is 1. The van der Waals surface area contributed by atoms with Gasteiger partial charge in [-0.3, -0.25) is 0 Å². The van der Waals surface area contributed by atoms with Crippen LogP contribution in [0.5, 0.6) is 5.75 Å². The van der Waals surface area contributed by atoms with Crippen molar-refractivity contribution >= 4 is 17.6 Å². The zero-order valence-corrected chi connectivity index (χ0v) is 15.6. The van der Waals surface area contributed by atoms with E-state index in [4.69, 9.17) is 20.3 Å². The van der Waals surface area contributed by atoms with Crippen LogP contribution in [0.3, 0.4) is 0 Å². The number of anilines is 1. The van der Waals surface area contributed by atoms with Crippen LogP contribution in [0.25, 0.3) is 0 Å². The minimum absolute atomic E-state index is 0.211. The predicted octanol–water partition coefficient (Wildman–Crippen LogP) is 3.85. The van der Waals surface area contributed by atoms with Gasteiger partial charge in [-0.2, -0.15) is 0 Å². The fraction of sp³-hybridized carbons (Fsp3) is 0.238. The molecule has 27 heavy (non-hydrogen) atoms. The number of carboxylic acid groups (broad SMARTS) is 1. The van der Waals surface area contributed by atoms with Gasteiger partial charge in [0, 0.05) is 17.7 Å². The normalized spacial score (nSPS) is 9.56. The van der Waals surface area contributed by atoms with E-state index in [1.807, 2.05) is 31.2 Å². The summed E-state index contributed by atoms with van der Waals surface area (Å²) >= 11 is 0. The summed E-state index contributed by atoms with van der Waals surface area (Å²) in [7, 11) is 0. The first-order chi connectivity index (χ1) is 12.8. The molecule has 0 spiro atoms. The highest BCUT2D eigenvalue weighted by molar-refractivity contribution is 5.87. The standard InChI is InChI=1S/C14H16O5.C7H9N/c1-10(2)14(17)19-9-3-8-18-12-6-4-11(5-7-12)13(15)16;1-6-2-4-7(8)5-3-6/h4-7H,1,3,8-9H2,2H3,(H,15,16);2-5H,8H2,1H3. The first-order valence-electron chi connectivity index (χ1n) is 8.40. The fourth-order valence-electron chi connectivity index (χ4n) is 1.80. The molecule has 2 aromatic carbocycles. The zero-order valence-electron chi connectivity index (χ0n) is 15.6. The molecule has 0 aromatic heterocycles. The molecule has 0 unspecified atom stereocenters. The van der Waals surface area contributed by atoms with Crippen molar-refractivity contribution < 1.29 is 24.2 Å². The van der Waals surface area contributed by atoms with Crippen LogP contribution < -0.4 is 10.5 Å². The smallest absolute Gasteiger partial charge is 0.335 e. The Kier molecular flexibility index (Phi) is 9.15. The quantitative estimate of drug-likeness (QED) is 0.332. The van der Waals surface area contributed by atoms with Crippen molar-refractivity contribution in [3.8, 4) is 5.75 Å². The first-order valence-corrected chi connectivity index (χ1v) is 8.40. The average Bonchev–Trinajstić information content (AvgIpc) is 2.64. The number of carboxylic acids is 1. The molecule has 0 bridgehead atoms. The molecule has 0 amide bonds. The lowest BCUT2D eigenvalue weighted by molar-refractivity contribution is -0.139. The number of aryl methyl sites for hydroxylation is 1. The van der Waals surface area contributed by atoms with Crippen LogP contribution >= 0.6 is 0 Å². The predicted molar refractivity (Wildman–Crippen MR) is 105 cm³/mol. The second-order valence-electron chi connectivity index (χ2n) is 5.86. The number of hydrogen-bond acceptors (Lipinski definition) is 5. The number of hydrogen-bond donors (Lipinski definition) is 2. The minimum atomic E-state index is -0.974. The van der Waals surface area contributed by atoms with E-state index in [9.17, 15) is 9.59 Å². The Hall–Kier alpha value is -3.28. The number of carbonyl (C=O) groups excluding carboxylic acids is 1. The van der Waals surface area contributed by atoms with Gasteiger partial charge in [0.25, 0.3) is 0 Å². The van der Waals surface area contributed by atoms with E-state index in [2.05, 4.69) is 6.58 Å². The van der Waals surface area contributed by atoms with Crippen molar-refractivity contribution in [3.63, 3.8) is 0 Å². The molecule has 0 fully saturated rings. The van der Waals surface area contributed by atoms with Gasteiger partial charge < -0.3 is 20.3 Å². The Morgan fingerprint density at radius 1 is 1.04 bits per heavy atom. The Morgan fingerprint density at radius 2 is 1.63 bits per heavy atom. The van der Waals surface area contributed by atoms with Crippen LogP contribution in [-0.4, -0.2) is 30.3 Å². The highest BCUT2D eigenvalue weighted by Gasteiger charge is 2.03. The summed E-state index contributed by atoms with van der Waals surface area (Å²) < 4.78 is 10.3. The Balaban J connectivity index is 0.000000377. The zero-order chi connectivity index (χ0) is 20.2. The van der Waals surface area contributed by atoms with Gasteiger partial charge in [0.05, 0.1) is 18.8 Å². The molecule has 0 radical (unpaired) electrons. The van der Waals surface area contributed by atoms with Gasteiger partial charge in [0.15, 0.2) is 0 Å². The highest BCUT2D eigenvalue weighted by Crippen LogP contribution is 2.12. The van der Waals surface area contributed by atoms with Gasteiger partial charge in [-0.05, 0) is 50.2 Å². The third-order valence-corrected chi connectivity index (χ3v) is 3.32. The van der Waals surface area contributed by atoms with E-state index in [-0.39, 0.29) is 12.2 Å². The van der Waals surface area contributed by atoms with Gasteiger partial charge >= 0.3 is 11.9 Å². The molecule has 6 nitrogen and oxygen atoms in total. The molecular weight excluding hydrogens is 346 g/mol. The topological polar surface area (TPSA) is 98.8 Å². The molecular formula is C21H25NO5. The number of nitrogen functional groups attached to an aromatic ring is 1. The molecule has 6 heteroatoms. The van der Waals surface area contributed by atoms with E-state index in [0.29, 0.717) is 24.4 Å². The van der Waals surface area contributed by atoms with Gasteiger partial charge in [-0.15, -0.1) is 0 Å². The number of aromatic carboxylic acids is 1. The summed E-state index contributed by atoms with van der Waals surface area (Å²) in [6.45, 7) is 7.75. The maximum atomic E-state index is 11.1. The van der Waals surface area contributed by atoms with E-state index in [0.717, 1.165) is 5.69 Å². The lowest BCUT2D eigenvalue weighted by Crippen LogP contribution is -2.09. The molecule has 144 valence electrons. The van der Waals surface area contributed by atoms with Gasteiger partial charge in [0.2, 0.25) is 0 Å². The first kappa shape index (κ1) is 21.8. The van der Waals surface area contributed by atoms with Crippen molar-refractivity contribution in [1.29, 1.82) is 0 Å². The third-order valence-electron chi connectivity index (χ3n) is 3.32. The number of rotatable bonds is 7. The average molecular weight is 371 g/mol. The van der Waals surface area contributed by atoms with Crippen molar-refractivity contribution in [2.24, 2.45) is 0 Å². The molecule has 2 aromatic rings. The van der Waals surface area contributed by atoms with Crippen LogP contribution in [0.1, 0.15) is 29.3 Å². The van der Waals surface area contributed by atoms with E-state index in [1.165, 1.54) is 17.7 Å². The van der Waals surface area contributed by atoms with Crippen molar-refractivity contribution in [1.82, 2.24) is 0 Å². The minimum Gasteiger partial charge on any atom is -0.493 e.